The predicted octanol–water partition coefficient (Wildman–Crippen LogP) is 0.993. The molecule has 3 heteroatoms. The summed E-state index contributed by atoms with van der Waals surface area (Å²) in [6.07, 6.45) is 3.31. The van der Waals surface area contributed by atoms with Gasteiger partial charge in [0.05, 0.1) is 18.6 Å². The number of hydrogen-bond acceptors (Lipinski definition) is 3. The molecule has 0 heterocycles. The molecule has 1 N–H and O–H groups in total. The Morgan fingerprint density at radius 3 is 2.85 bits per heavy atom. The molecule has 0 bridgehead atoms. The van der Waals surface area contributed by atoms with Crippen LogP contribution in [-0.2, 0) is 0 Å². The number of likely N-dealkylation sites (N-methyl/N-ethyl adjacent to an activating group) is 1. The van der Waals surface area contributed by atoms with Crippen molar-refractivity contribution in [2.75, 3.05) is 19.7 Å². The van der Waals surface area contributed by atoms with E-state index in [0.29, 0.717) is 12.6 Å². The van der Waals surface area contributed by atoms with Crippen LogP contribution in [0.5, 0.6) is 0 Å². The molecule has 1 rings (SSSR count). The van der Waals surface area contributed by atoms with Crippen molar-refractivity contribution in [1.29, 1.82) is 5.26 Å². The molecule has 0 saturated heterocycles. The molecule has 0 aromatic heterocycles. The highest BCUT2D eigenvalue weighted by Crippen LogP contribution is 2.28. The molecule has 2 unspecified atom stereocenters. The topological polar surface area (TPSA) is 47.3 Å². The first-order valence-corrected chi connectivity index (χ1v) is 5.08. The molecule has 0 amide bonds. The van der Waals surface area contributed by atoms with Crippen LogP contribution in [-0.4, -0.2) is 35.7 Å². The zero-order valence-corrected chi connectivity index (χ0v) is 8.24. The van der Waals surface area contributed by atoms with Crippen LogP contribution in [0.4, 0.5) is 0 Å². The third-order valence-corrected chi connectivity index (χ3v) is 2.91. The highest BCUT2D eigenvalue weighted by atomic mass is 16.3. The summed E-state index contributed by atoms with van der Waals surface area (Å²) in [7, 11) is 0. The van der Waals surface area contributed by atoms with Crippen LogP contribution in [0.25, 0.3) is 0 Å². The van der Waals surface area contributed by atoms with Gasteiger partial charge in [-0.1, -0.05) is 13.3 Å². The minimum absolute atomic E-state index is 0.187. The van der Waals surface area contributed by atoms with Crippen molar-refractivity contribution in [1.82, 2.24) is 4.90 Å². The van der Waals surface area contributed by atoms with Gasteiger partial charge in [-0.2, -0.15) is 5.26 Å². The van der Waals surface area contributed by atoms with Gasteiger partial charge in [-0.3, -0.25) is 4.90 Å². The highest BCUT2D eigenvalue weighted by molar-refractivity contribution is 4.97. The molecule has 0 aromatic carbocycles. The van der Waals surface area contributed by atoms with Crippen LogP contribution in [0.1, 0.15) is 26.2 Å². The Bertz CT molecular complexity index is 188. The second-order valence-corrected chi connectivity index (χ2v) is 3.59. The van der Waals surface area contributed by atoms with Gasteiger partial charge in [0.25, 0.3) is 0 Å². The SMILES string of the molecule is CCN(CCO)C1CCCC1C#N. The Balaban J connectivity index is 2.52. The van der Waals surface area contributed by atoms with Gasteiger partial charge in [-0.05, 0) is 19.4 Å². The van der Waals surface area contributed by atoms with E-state index in [9.17, 15) is 0 Å². The van der Waals surface area contributed by atoms with Gasteiger partial charge in [0.1, 0.15) is 0 Å². The normalized spacial score (nSPS) is 27.8. The molecule has 1 fully saturated rings. The lowest BCUT2D eigenvalue weighted by atomic mass is 10.0. The number of hydrogen-bond donors (Lipinski definition) is 1. The predicted molar refractivity (Wildman–Crippen MR) is 51.1 cm³/mol. The highest BCUT2D eigenvalue weighted by Gasteiger charge is 2.30. The standard InChI is InChI=1S/C10H18N2O/c1-2-12(6-7-13)10-5-3-4-9(10)8-11/h9-10,13H,2-7H2,1H3. The minimum atomic E-state index is 0.187. The fraction of sp³-hybridized carbons (Fsp3) is 0.900. The number of nitrogens with zero attached hydrogens (tertiary/aromatic N) is 2. The van der Waals surface area contributed by atoms with Crippen LogP contribution < -0.4 is 0 Å². The first-order valence-electron chi connectivity index (χ1n) is 5.08. The van der Waals surface area contributed by atoms with E-state index in [1.54, 1.807) is 0 Å². The fourth-order valence-electron chi connectivity index (χ4n) is 2.22. The third-order valence-electron chi connectivity index (χ3n) is 2.91. The van der Waals surface area contributed by atoms with Crippen molar-refractivity contribution < 1.29 is 5.11 Å². The Morgan fingerprint density at radius 1 is 1.54 bits per heavy atom. The Hall–Kier alpha value is -0.590. The third kappa shape index (κ3) is 2.43. The molecule has 1 aliphatic rings. The fourth-order valence-corrected chi connectivity index (χ4v) is 2.22. The second-order valence-electron chi connectivity index (χ2n) is 3.59. The van der Waals surface area contributed by atoms with Gasteiger partial charge >= 0.3 is 0 Å². The monoisotopic (exact) mass is 182 g/mol. The summed E-state index contributed by atoms with van der Waals surface area (Å²) >= 11 is 0. The molecule has 2 atom stereocenters. The van der Waals surface area contributed by atoms with E-state index in [2.05, 4.69) is 17.9 Å². The number of aliphatic hydroxyl groups is 1. The molecule has 3 nitrogen and oxygen atoms in total. The number of rotatable bonds is 4. The van der Waals surface area contributed by atoms with Crippen molar-refractivity contribution in [2.24, 2.45) is 5.92 Å². The summed E-state index contributed by atoms with van der Waals surface area (Å²) in [5.74, 6) is 0.187. The maximum Gasteiger partial charge on any atom is 0.0672 e. The quantitative estimate of drug-likeness (QED) is 0.705. The zero-order valence-electron chi connectivity index (χ0n) is 8.24. The van der Waals surface area contributed by atoms with Gasteiger partial charge in [-0.15, -0.1) is 0 Å². The maximum atomic E-state index is 8.91. The molecular weight excluding hydrogens is 164 g/mol. The van der Waals surface area contributed by atoms with Gasteiger partial charge in [0, 0.05) is 12.6 Å². The van der Waals surface area contributed by atoms with Crippen LogP contribution in [0, 0.1) is 17.2 Å². The van der Waals surface area contributed by atoms with Crippen molar-refractivity contribution in [2.45, 2.75) is 32.2 Å². The summed E-state index contributed by atoms with van der Waals surface area (Å²) in [4.78, 5) is 2.22. The second kappa shape index (κ2) is 5.21. The van der Waals surface area contributed by atoms with E-state index >= 15 is 0 Å². The largest absolute Gasteiger partial charge is 0.395 e. The molecular formula is C10H18N2O. The summed E-state index contributed by atoms with van der Waals surface area (Å²) in [6, 6.07) is 2.75. The molecule has 0 aromatic rings. The Kier molecular flexibility index (Phi) is 4.20. The minimum Gasteiger partial charge on any atom is -0.395 e. The van der Waals surface area contributed by atoms with Gasteiger partial charge in [-0.25, -0.2) is 0 Å². The van der Waals surface area contributed by atoms with Crippen molar-refractivity contribution in [3.63, 3.8) is 0 Å². The van der Waals surface area contributed by atoms with Crippen molar-refractivity contribution in [3.05, 3.63) is 0 Å². The van der Waals surface area contributed by atoms with Gasteiger partial charge < -0.3 is 5.11 Å². The van der Waals surface area contributed by atoms with Crippen molar-refractivity contribution >= 4 is 0 Å². The average molecular weight is 182 g/mol. The van der Waals surface area contributed by atoms with E-state index in [0.717, 1.165) is 25.8 Å². The smallest absolute Gasteiger partial charge is 0.0672 e. The first-order chi connectivity index (χ1) is 6.33. The number of nitriles is 1. The average Bonchev–Trinajstić information content (AvgIpc) is 2.61. The summed E-state index contributed by atoms with van der Waals surface area (Å²) in [6.45, 7) is 3.92. The van der Waals surface area contributed by atoms with E-state index in [1.165, 1.54) is 0 Å². The Morgan fingerprint density at radius 2 is 2.31 bits per heavy atom. The van der Waals surface area contributed by atoms with E-state index in [4.69, 9.17) is 10.4 Å². The molecule has 13 heavy (non-hydrogen) atoms. The van der Waals surface area contributed by atoms with Crippen LogP contribution in [0.2, 0.25) is 0 Å². The van der Waals surface area contributed by atoms with E-state index in [-0.39, 0.29) is 12.5 Å². The summed E-state index contributed by atoms with van der Waals surface area (Å²) in [5.41, 5.74) is 0. The molecule has 1 aliphatic carbocycles. The lowest BCUT2D eigenvalue weighted by Gasteiger charge is -2.28. The van der Waals surface area contributed by atoms with Crippen LogP contribution in [0.15, 0.2) is 0 Å². The lowest BCUT2D eigenvalue weighted by Crippen LogP contribution is -2.39. The first kappa shape index (κ1) is 10.5. The van der Waals surface area contributed by atoms with Crippen molar-refractivity contribution in [3.8, 4) is 6.07 Å². The summed E-state index contributed by atoms with van der Waals surface area (Å²) in [5, 5.41) is 17.8. The maximum absolute atomic E-state index is 8.91. The molecule has 74 valence electrons. The van der Waals surface area contributed by atoms with Crippen LogP contribution >= 0.6 is 0 Å². The van der Waals surface area contributed by atoms with Gasteiger partial charge in [0.2, 0.25) is 0 Å². The van der Waals surface area contributed by atoms with Gasteiger partial charge in [0.15, 0.2) is 0 Å². The molecule has 1 saturated carbocycles. The van der Waals surface area contributed by atoms with E-state index in [1.807, 2.05) is 0 Å². The summed E-state index contributed by atoms with van der Waals surface area (Å²) < 4.78 is 0. The Labute approximate surface area is 80.0 Å². The number of aliphatic hydroxyl groups excluding tert-OH is 1. The lowest BCUT2D eigenvalue weighted by molar-refractivity contribution is 0.145. The molecule has 0 radical (unpaired) electrons. The molecule has 0 spiro atoms. The van der Waals surface area contributed by atoms with Crippen LogP contribution in [0.3, 0.4) is 0 Å². The molecule has 0 aliphatic heterocycles. The zero-order chi connectivity index (χ0) is 9.68. The van der Waals surface area contributed by atoms with E-state index < -0.39 is 0 Å².